The van der Waals surface area contributed by atoms with E-state index in [4.69, 9.17) is 0 Å². The van der Waals surface area contributed by atoms with Crippen LogP contribution in [0.3, 0.4) is 0 Å². The van der Waals surface area contributed by atoms with E-state index in [1.165, 1.54) is 12.0 Å². The highest BCUT2D eigenvalue weighted by molar-refractivity contribution is 5.94. The van der Waals surface area contributed by atoms with Gasteiger partial charge in [-0.3, -0.25) is 9.48 Å². The van der Waals surface area contributed by atoms with Gasteiger partial charge >= 0.3 is 0 Å². The van der Waals surface area contributed by atoms with Gasteiger partial charge < -0.3 is 10.2 Å². The van der Waals surface area contributed by atoms with Crippen LogP contribution in [0.25, 0.3) is 0 Å². The fourth-order valence-corrected chi connectivity index (χ4v) is 3.85. The third kappa shape index (κ3) is 4.67. The average molecular weight is 374 g/mol. The highest BCUT2D eigenvalue weighted by atomic mass is 16.1. The molecule has 5 nitrogen and oxygen atoms in total. The first-order chi connectivity index (χ1) is 13.8. The first-order valence-corrected chi connectivity index (χ1v) is 9.90. The molecule has 1 N–H and O–H groups in total. The molecule has 1 aliphatic heterocycles. The molecule has 0 aliphatic carbocycles. The molecule has 28 heavy (non-hydrogen) atoms. The van der Waals surface area contributed by atoms with Crippen molar-refractivity contribution >= 4 is 5.91 Å². The molecule has 2 aromatic carbocycles. The minimum absolute atomic E-state index is 0.0129. The van der Waals surface area contributed by atoms with Crippen LogP contribution in [0.1, 0.15) is 33.8 Å². The Morgan fingerprint density at radius 1 is 1.11 bits per heavy atom. The Labute approximate surface area is 166 Å². The average Bonchev–Trinajstić information content (AvgIpc) is 3.41. The maximum Gasteiger partial charge on any atom is 0.251 e. The summed E-state index contributed by atoms with van der Waals surface area (Å²) in [6.45, 7) is 4.39. The van der Waals surface area contributed by atoms with Crippen molar-refractivity contribution in [2.75, 3.05) is 26.2 Å². The van der Waals surface area contributed by atoms with Crippen molar-refractivity contribution in [3.8, 4) is 0 Å². The van der Waals surface area contributed by atoms with E-state index in [-0.39, 0.29) is 5.91 Å². The smallest absolute Gasteiger partial charge is 0.251 e. The Bertz CT molecular complexity index is 892. The van der Waals surface area contributed by atoms with Gasteiger partial charge in [-0.2, -0.15) is 5.10 Å². The van der Waals surface area contributed by atoms with E-state index in [0.29, 0.717) is 24.6 Å². The van der Waals surface area contributed by atoms with Crippen LogP contribution in [0.15, 0.2) is 73.1 Å². The fourth-order valence-electron chi connectivity index (χ4n) is 3.85. The zero-order valence-electron chi connectivity index (χ0n) is 16.0. The van der Waals surface area contributed by atoms with Gasteiger partial charge in [-0.1, -0.05) is 42.5 Å². The molecule has 3 aromatic rings. The quantitative estimate of drug-likeness (QED) is 0.691. The van der Waals surface area contributed by atoms with E-state index < -0.39 is 0 Å². The van der Waals surface area contributed by atoms with Gasteiger partial charge in [0.15, 0.2) is 0 Å². The van der Waals surface area contributed by atoms with Crippen LogP contribution in [-0.4, -0.2) is 46.8 Å². The van der Waals surface area contributed by atoms with Crippen LogP contribution >= 0.6 is 0 Å². The number of carbonyl (C=O) groups excluding carboxylic acids is 1. The summed E-state index contributed by atoms with van der Waals surface area (Å²) in [4.78, 5) is 14.9. The van der Waals surface area contributed by atoms with E-state index in [2.05, 4.69) is 45.6 Å². The van der Waals surface area contributed by atoms with Gasteiger partial charge in [0.05, 0.1) is 6.54 Å². The number of hydrogen-bond acceptors (Lipinski definition) is 3. The Morgan fingerprint density at radius 2 is 2.00 bits per heavy atom. The van der Waals surface area contributed by atoms with Crippen LogP contribution in [0, 0.1) is 0 Å². The van der Waals surface area contributed by atoms with Crippen molar-refractivity contribution in [1.29, 1.82) is 0 Å². The monoisotopic (exact) mass is 374 g/mol. The molecule has 1 amide bonds. The normalized spacial score (nSPS) is 16.9. The lowest BCUT2D eigenvalue weighted by Gasteiger charge is -2.16. The molecule has 2 heterocycles. The third-order valence-corrected chi connectivity index (χ3v) is 5.35. The van der Waals surface area contributed by atoms with Gasteiger partial charge in [-0.25, -0.2) is 0 Å². The van der Waals surface area contributed by atoms with E-state index in [0.717, 1.165) is 25.2 Å². The van der Waals surface area contributed by atoms with Crippen LogP contribution in [0.2, 0.25) is 0 Å². The summed E-state index contributed by atoms with van der Waals surface area (Å²) in [5.41, 5.74) is 3.19. The summed E-state index contributed by atoms with van der Waals surface area (Å²) < 4.78 is 1.85. The van der Waals surface area contributed by atoms with Crippen molar-refractivity contribution in [3.63, 3.8) is 0 Å². The predicted molar refractivity (Wildman–Crippen MR) is 110 cm³/mol. The summed E-state index contributed by atoms with van der Waals surface area (Å²) in [6, 6.07) is 20.4. The third-order valence-electron chi connectivity index (χ3n) is 5.35. The predicted octanol–water partition coefficient (Wildman–Crippen LogP) is 3.15. The molecule has 5 heteroatoms. The van der Waals surface area contributed by atoms with Crippen LogP contribution in [-0.2, 0) is 6.54 Å². The number of nitrogens with zero attached hydrogens (tertiary/aromatic N) is 3. The van der Waals surface area contributed by atoms with Crippen LogP contribution in [0.5, 0.6) is 0 Å². The first-order valence-electron chi connectivity index (χ1n) is 9.90. The van der Waals surface area contributed by atoms with Gasteiger partial charge in [-0.15, -0.1) is 0 Å². The number of benzene rings is 2. The molecule has 1 aromatic heterocycles. The number of likely N-dealkylation sites (tertiary alicyclic amines) is 1. The molecule has 4 rings (SSSR count). The number of rotatable bonds is 7. The maximum atomic E-state index is 12.5. The maximum absolute atomic E-state index is 12.5. The minimum Gasteiger partial charge on any atom is -0.351 e. The zero-order valence-corrected chi connectivity index (χ0v) is 16.0. The van der Waals surface area contributed by atoms with Crippen molar-refractivity contribution in [1.82, 2.24) is 20.0 Å². The number of aromatic nitrogens is 2. The second-order valence-corrected chi connectivity index (χ2v) is 7.36. The fraction of sp³-hybridized carbons (Fsp3) is 0.304. The second-order valence-electron chi connectivity index (χ2n) is 7.36. The highest BCUT2D eigenvalue weighted by Crippen LogP contribution is 2.26. The van der Waals surface area contributed by atoms with Crippen molar-refractivity contribution in [2.45, 2.75) is 18.9 Å². The molecular formula is C23H26N4O. The molecule has 0 radical (unpaired) electrons. The van der Waals surface area contributed by atoms with Crippen molar-refractivity contribution < 1.29 is 4.79 Å². The Balaban J connectivity index is 1.25. The largest absolute Gasteiger partial charge is 0.351 e. The topological polar surface area (TPSA) is 50.2 Å². The molecule has 0 spiro atoms. The summed E-state index contributed by atoms with van der Waals surface area (Å²) in [6.07, 6.45) is 4.87. The SMILES string of the molecule is O=C(NCCN1CC[C@H](c2ccccc2)C1)c1cccc(Cn2cccn2)c1. The van der Waals surface area contributed by atoms with Gasteiger partial charge in [0, 0.05) is 37.6 Å². The molecule has 1 aliphatic rings. The zero-order chi connectivity index (χ0) is 19.2. The lowest BCUT2D eigenvalue weighted by molar-refractivity contribution is 0.0949. The molecular weight excluding hydrogens is 348 g/mol. The highest BCUT2D eigenvalue weighted by Gasteiger charge is 2.23. The molecule has 1 saturated heterocycles. The summed E-state index contributed by atoms with van der Waals surface area (Å²) in [5.74, 6) is 0.594. The standard InChI is InChI=1S/C23H26N4O/c28-23(21-9-4-6-19(16-21)17-27-13-5-11-25-27)24-12-15-26-14-10-22(18-26)20-7-2-1-3-8-20/h1-9,11,13,16,22H,10,12,14-15,17-18H2,(H,24,28)/t22-/m0/s1. The van der Waals surface area contributed by atoms with Gasteiger partial charge in [0.2, 0.25) is 0 Å². The number of hydrogen-bond donors (Lipinski definition) is 1. The van der Waals surface area contributed by atoms with Crippen molar-refractivity contribution in [2.24, 2.45) is 0 Å². The molecule has 0 unspecified atom stereocenters. The molecule has 0 bridgehead atoms. The van der Waals surface area contributed by atoms with Crippen LogP contribution in [0.4, 0.5) is 0 Å². The lowest BCUT2D eigenvalue weighted by atomic mass is 9.99. The van der Waals surface area contributed by atoms with Gasteiger partial charge in [0.1, 0.15) is 0 Å². The molecule has 1 fully saturated rings. The Morgan fingerprint density at radius 3 is 2.82 bits per heavy atom. The molecule has 0 saturated carbocycles. The minimum atomic E-state index is -0.0129. The molecule has 1 atom stereocenters. The second kappa shape index (κ2) is 8.85. The van der Waals surface area contributed by atoms with Crippen molar-refractivity contribution in [3.05, 3.63) is 89.7 Å². The van der Waals surface area contributed by atoms with Gasteiger partial charge in [0.25, 0.3) is 5.91 Å². The Hall–Kier alpha value is -2.92. The summed E-state index contributed by atoms with van der Waals surface area (Å²) >= 11 is 0. The lowest BCUT2D eigenvalue weighted by Crippen LogP contribution is -2.33. The van der Waals surface area contributed by atoms with Crippen LogP contribution < -0.4 is 5.32 Å². The van der Waals surface area contributed by atoms with Gasteiger partial charge in [-0.05, 0) is 48.2 Å². The first kappa shape index (κ1) is 18.4. The number of nitrogens with one attached hydrogen (secondary N) is 1. The Kier molecular flexibility index (Phi) is 5.83. The van der Waals surface area contributed by atoms with E-state index in [1.54, 1.807) is 6.20 Å². The summed E-state index contributed by atoms with van der Waals surface area (Å²) in [5, 5.41) is 7.28. The number of carbonyl (C=O) groups is 1. The van der Waals surface area contributed by atoms with E-state index in [9.17, 15) is 4.79 Å². The molecule has 144 valence electrons. The van der Waals surface area contributed by atoms with E-state index >= 15 is 0 Å². The summed E-state index contributed by atoms with van der Waals surface area (Å²) in [7, 11) is 0. The van der Waals surface area contributed by atoms with E-state index in [1.807, 2.05) is 41.2 Å². The number of amides is 1.